The van der Waals surface area contributed by atoms with Crippen LogP contribution in [0.4, 0.5) is 5.69 Å². The average Bonchev–Trinajstić information content (AvgIpc) is 2.81. The summed E-state index contributed by atoms with van der Waals surface area (Å²) < 4.78 is 26.8. The van der Waals surface area contributed by atoms with E-state index in [9.17, 15) is 18.3 Å². The summed E-state index contributed by atoms with van der Waals surface area (Å²) in [4.78, 5) is 11.8. The molecule has 0 aliphatic heterocycles. The maximum Gasteiger partial charge on any atom is 0.291 e. The van der Waals surface area contributed by atoms with Gasteiger partial charge in [-0.25, -0.2) is 13.6 Å². The minimum Gasteiger partial charge on any atom is -0.506 e. The molecule has 0 saturated carbocycles. The molecule has 1 heterocycles. The third-order valence-electron chi connectivity index (χ3n) is 2.24. The van der Waals surface area contributed by atoms with Gasteiger partial charge in [-0.05, 0) is 24.3 Å². The number of rotatable bonds is 3. The molecule has 0 atom stereocenters. The molecular formula is C11H10N2O5S. The van der Waals surface area contributed by atoms with E-state index in [1.807, 2.05) is 0 Å². The molecule has 100 valence electrons. The maximum atomic E-state index is 11.8. The molecule has 0 unspecified atom stereocenters. The molecule has 0 fully saturated rings. The Morgan fingerprint density at radius 3 is 2.47 bits per heavy atom. The highest BCUT2D eigenvalue weighted by Crippen LogP contribution is 2.22. The number of aromatic hydroxyl groups is 1. The third-order valence-corrected chi connectivity index (χ3v) is 3.02. The molecule has 0 spiro atoms. The summed E-state index contributed by atoms with van der Waals surface area (Å²) in [5.74, 6) is -1.04. The minimum absolute atomic E-state index is 0.117. The van der Waals surface area contributed by atoms with E-state index in [2.05, 4.69) is 5.32 Å². The number of amides is 1. The first kappa shape index (κ1) is 13.1. The van der Waals surface area contributed by atoms with Gasteiger partial charge in [-0.2, -0.15) is 0 Å². The van der Waals surface area contributed by atoms with Gasteiger partial charge in [0.15, 0.2) is 5.76 Å². The van der Waals surface area contributed by atoms with Gasteiger partial charge in [-0.15, -0.1) is 0 Å². The number of phenols is 1. The lowest BCUT2D eigenvalue weighted by atomic mass is 10.3. The minimum atomic E-state index is -3.99. The van der Waals surface area contributed by atoms with Crippen molar-refractivity contribution in [3.63, 3.8) is 0 Å². The first-order valence-electron chi connectivity index (χ1n) is 5.10. The van der Waals surface area contributed by atoms with Crippen molar-refractivity contribution in [2.45, 2.75) is 5.09 Å². The highest BCUT2D eigenvalue weighted by Gasteiger charge is 2.18. The van der Waals surface area contributed by atoms with Gasteiger partial charge in [0, 0.05) is 0 Å². The van der Waals surface area contributed by atoms with Crippen LogP contribution in [0.2, 0.25) is 0 Å². The van der Waals surface area contributed by atoms with E-state index in [0.717, 1.165) is 6.07 Å². The van der Waals surface area contributed by atoms with Gasteiger partial charge in [0.1, 0.15) is 5.75 Å². The molecule has 8 heteroatoms. The topological polar surface area (TPSA) is 123 Å². The van der Waals surface area contributed by atoms with Gasteiger partial charge in [0.25, 0.3) is 15.9 Å². The molecule has 7 nitrogen and oxygen atoms in total. The zero-order chi connectivity index (χ0) is 14.0. The van der Waals surface area contributed by atoms with Gasteiger partial charge in [0.05, 0.1) is 5.69 Å². The fourth-order valence-electron chi connectivity index (χ4n) is 1.36. The number of furan rings is 1. The van der Waals surface area contributed by atoms with E-state index in [-0.39, 0.29) is 17.2 Å². The van der Waals surface area contributed by atoms with Gasteiger partial charge >= 0.3 is 0 Å². The van der Waals surface area contributed by atoms with Crippen LogP contribution in [0.3, 0.4) is 0 Å². The number of anilines is 1. The van der Waals surface area contributed by atoms with Crippen LogP contribution in [0, 0.1) is 0 Å². The van der Waals surface area contributed by atoms with Crippen molar-refractivity contribution in [2.75, 3.05) is 5.32 Å². The summed E-state index contributed by atoms with van der Waals surface area (Å²) in [5, 5.41) is 16.2. The molecule has 1 amide bonds. The monoisotopic (exact) mass is 282 g/mol. The Kier molecular flexibility index (Phi) is 3.28. The molecule has 1 aromatic carbocycles. The van der Waals surface area contributed by atoms with Crippen molar-refractivity contribution in [3.05, 3.63) is 42.2 Å². The fourth-order valence-corrected chi connectivity index (χ4v) is 1.82. The largest absolute Gasteiger partial charge is 0.506 e. The van der Waals surface area contributed by atoms with Crippen molar-refractivity contribution in [1.29, 1.82) is 0 Å². The standard InChI is InChI=1S/C11H10N2O5S/c12-19(16,17)10-6-5-9(18-10)11(15)13-7-3-1-2-4-8(7)14/h1-6,14H,(H,13,15)(H2,12,16,17). The summed E-state index contributed by atoms with van der Waals surface area (Å²) in [7, 11) is -3.99. The normalized spacial score (nSPS) is 11.2. The fraction of sp³-hybridized carbons (Fsp3) is 0. The number of hydrogen-bond acceptors (Lipinski definition) is 5. The van der Waals surface area contributed by atoms with Crippen molar-refractivity contribution in [1.82, 2.24) is 0 Å². The van der Waals surface area contributed by atoms with E-state index in [4.69, 9.17) is 9.56 Å². The molecule has 19 heavy (non-hydrogen) atoms. The second-order valence-electron chi connectivity index (χ2n) is 3.63. The Morgan fingerprint density at radius 1 is 1.21 bits per heavy atom. The first-order chi connectivity index (χ1) is 8.88. The summed E-state index contributed by atoms with van der Waals surface area (Å²) in [6.45, 7) is 0. The van der Waals surface area contributed by atoms with Gasteiger partial charge < -0.3 is 14.8 Å². The van der Waals surface area contributed by atoms with Crippen LogP contribution in [0.25, 0.3) is 0 Å². The van der Waals surface area contributed by atoms with Crippen molar-refractivity contribution >= 4 is 21.6 Å². The van der Waals surface area contributed by atoms with E-state index in [0.29, 0.717) is 0 Å². The lowest BCUT2D eigenvalue weighted by Crippen LogP contribution is -2.12. The molecule has 0 aliphatic carbocycles. The van der Waals surface area contributed by atoms with Crippen LogP contribution in [0.15, 0.2) is 45.9 Å². The Hall–Kier alpha value is -2.32. The molecule has 1 aromatic heterocycles. The molecule has 2 rings (SSSR count). The second-order valence-corrected chi connectivity index (χ2v) is 5.13. The van der Waals surface area contributed by atoms with Crippen LogP contribution >= 0.6 is 0 Å². The molecule has 4 N–H and O–H groups in total. The lowest BCUT2D eigenvalue weighted by Gasteiger charge is -2.04. The van der Waals surface area contributed by atoms with Crippen LogP contribution < -0.4 is 10.5 Å². The Balaban J connectivity index is 2.22. The van der Waals surface area contributed by atoms with Crippen LogP contribution in [0.1, 0.15) is 10.6 Å². The molecule has 0 bridgehead atoms. The quantitative estimate of drug-likeness (QED) is 0.721. The molecule has 0 saturated heterocycles. The molecule has 2 aromatic rings. The van der Waals surface area contributed by atoms with E-state index in [1.165, 1.54) is 18.2 Å². The Labute approximate surface area is 108 Å². The van der Waals surface area contributed by atoms with Crippen molar-refractivity contribution < 1.29 is 22.7 Å². The predicted molar refractivity (Wildman–Crippen MR) is 66.1 cm³/mol. The number of benzene rings is 1. The number of nitrogens with two attached hydrogens (primary N) is 1. The van der Waals surface area contributed by atoms with Crippen molar-refractivity contribution in [2.24, 2.45) is 5.14 Å². The van der Waals surface area contributed by atoms with Crippen LogP contribution in [0.5, 0.6) is 5.75 Å². The zero-order valence-corrected chi connectivity index (χ0v) is 10.3. The third kappa shape index (κ3) is 2.92. The number of nitrogens with one attached hydrogen (secondary N) is 1. The predicted octanol–water partition coefficient (Wildman–Crippen LogP) is 0.885. The molecular weight excluding hydrogens is 272 g/mol. The highest BCUT2D eigenvalue weighted by atomic mass is 32.2. The number of sulfonamides is 1. The summed E-state index contributed by atoms with van der Waals surface area (Å²) in [6.07, 6.45) is 0. The lowest BCUT2D eigenvalue weighted by molar-refractivity contribution is 0.0991. The van der Waals surface area contributed by atoms with Crippen LogP contribution in [-0.4, -0.2) is 19.4 Å². The number of carbonyl (C=O) groups is 1. The molecule has 0 aliphatic rings. The zero-order valence-electron chi connectivity index (χ0n) is 9.53. The van der Waals surface area contributed by atoms with Crippen LogP contribution in [-0.2, 0) is 10.0 Å². The first-order valence-corrected chi connectivity index (χ1v) is 6.64. The highest BCUT2D eigenvalue weighted by molar-refractivity contribution is 7.89. The Bertz CT molecular complexity index is 720. The van der Waals surface area contributed by atoms with E-state index >= 15 is 0 Å². The molecule has 0 radical (unpaired) electrons. The SMILES string of the molecule is NS(=O)(=O)c1ccc(C(=O)Nc2ccccc2O)o1. The van der Waals surface area contributed by atoms with Gasteiger partial charge in [0.2, 0.25) is 5.09 Å². The maximum absolute atomic E-state index is 11.8. The number of phenolic OH excluding ortho intramolecular Hbond substituents is 1. The summed E-state index contributed by atoms with van der Waals surface area (Å²) in [5.41, 5.74) is 0.182. The van der Waals surface area contributed by atoms with Gasteiger partial charge in [-0.3, -0.25) is 4.79 Å². The number of para-hydroxylation sites is 2. The Morgan fingerprint density at radius 2 is 1.89 bits per heavy atom. The summed E-state index contributed by atoms with van der Waals surface area (Å²) >= 11 is 0. The van der Waals surface area contributed by atoms with Crippen molar-refractivity contribution in [3.8, 4) is 5.75 Å². The van der Waals surface area contributed by atoms with E-state index in [1.54, 1.807) is 12.1 Å². The number of primary sulfonamides is 1. The van der Waals surface area contributed by atoms with E-state index < -0.39 is 21.0 Å². The summed E-state index contributed by atoms with van der Waals surface area (Å²) in [6, 6.07) is 8.35. The second kappa shape index (κ2) is 4.75. The average molecular weight is 282 g/mol. The smallest absolute Gasteiger partial charge is 0.291 e. The number of hydrogen-bond donors (Lipinski definition) is 3. The number of carbonyl (C=O) groups excluding carboxylic acids is 1. The van der Waals surface area contributed by atoms with Gasteiger partial charge in [-0.1, -0.05) is 12.1 Å².